The number of hydrogen-bond acceptors (Lipinski definition) is 2. The summed E-state index contributed by atoms with van der Waals surface area (Å²) in [4.78, 5) is 2.35. The molecule has 3 heteroatoms. The summed E-state index contributed by atoms with van der Waals surface area (Å²) in [7, 11) is 0. The average Bonchev–Trinajstić information content (AvgIpc) is 2.41. The molecule has 2 nitrogen and oxygen atoms in total. The molecule has 0 aromatic heterocycles. The summed E-state index contributed by atoms with van der Waals surface area (Å²) < 4.78 is 13.4. The van der Waals surface area contributed by atoms with Crippen LogP contribution in [-0.2, 0) is 6.54 Å². The topological polar surface area (TPSA) is 23.5 Å². The molecular formula is C17H24FNO. The second-order valence-corrected chi connectivity index (χ2v) is 5.14. The molecule has 1 aromatic rings. The summed E-state index contributed by atoms with van der Waals surface area (Å²) in [6, 6.07) is 5.21. The predicted octanol–water partition coefficient (Wildman–Crippen LogP) is 3.18. The van der Waals surface area contributed by atoms with Crippen molar-refractivity contribution < 1.29 is 9.50 Å². The Morgan fingerprint density at radius 2 is 2.10 bits per heavy atom. The normalized spacial score (nSPS) is 10.8. The fraction of sp³-hybridized carbons (Fsp3) is 0.529. The Hall–Kier alpha value is -1.37. The van der Waals surface area contributed by atoms with Crippen LogP contribution in [0, 0.1) is 17.7 Å². The van der Waals surface area contributed by atoms with Crippen LogP contribution >= 0.6 is 0 Å². The quantitative estimate of drug-likeness (QED) is 0.807. The minimum Gasteiger partial charge on any atom is -0.395 e. The second-order valence-electron chi connectivity index (χ2n) is 5.14. The predicted molar refractivity (Wildman–Crippen MR) is 80.8 cm³/mol. The van der Waals surface area contributed by atoms with E-state index >= 15 is 0 Å². The maximum Gasteiger partial charge on any atom is 0.124 e. The molecular weight excluding hydrogens is 253 g/mol. The largest absolute Gasteiger partial charge is 0.395 e. The lowest BCUT2D eigenvalue weighted by atomic mass is 10.1. The molecule has 0 amide bonds. The second kappa shape index (κ2) is 8.73. The SMILES string of the molecule is CCCN(Cc1ccc(F)cc1C#CCCO)C(C)C. The highest BCUT2D eigenvalue weighted by molar-refractivity contribution is 5.41. The van der Waals surface area contributed by atoms with Gasteiger partial charge in [0.25, 0.3) is 0 Å². The monoisotopic (exact) mass is 277 g/mol. The van der Waals surface area contributed by atoms with Crippen molar-refractivity contribution in [3.63, 3.8) is 0 Å². The lowest BCUT2D eigenvalue weighted by molar-refractivity contribution is 0.213. The van der Waals surface area contributed by atoms with Crippen molar-refractivity contribution in [1.82, 2.24) is 4.90 Å². The van der Waals surface area contributed by atoms with E-state index in [-0.39, 0.29) is 12.4 Å². The molecule has 0 bridgehead atoms. The van der Waals surface area contributed by atoms with Gasteiger partial charge in [-0.15, -0.1) is 0 Å². The van der Waals surface area contributed by atoms with Crippen LogP contribution in [0.2, 0.25) is 0 Å². The van der Waals surface area contributed by atoms with Gasteiger partial charge in [-0.3, -0.25) is 4.90 Å². The van der Waals surface area contributed by atoms with Crippen LogP contribution in [0.5, 0.6) is 0 Å². The molecule has 0 fully saturated rings. The highest BCUT2D eigenvalue weighted by atomic mass is 19.1. The highest BCUT2D eigenvalue weighted by Crippen LogP contribution is 2.15. The van der Waals surface area contributed by atoms with Crippen molar-refractivity contribution in [2.45, 2.75) is 46.2 Å². The number of aliphatic hydroxyl groups is 1. The number of halogens is 1. The summed E-state index contributed by atoms with van der Waals surface area (Å²) in [5.74, 6) is 5.56. The zero-order valence-electron chi connectivity index (χ0n) is 12.6. The maximum absolute atomic E-state index is 13.4. The fourth-order valence-electron chi connectivity index (χ4n) is 2.04. The molecule has 0 saturated heterocycles. The van der Waals surface area contributed by atoms with Crippen LogP contribution < -0.4 is 0 Å². The minimum atomic E-state index is -0.270. The molecule has 0 spiro atoms. The standard InChI is InChI=1S/C17H24FNO/c1-4-10-19(14(2)3)13-16-8-9-17(18)12-15(16)7-5-6-11-20/h8-9,12,14,20H,4,6,10-11,13H2,1-3H3. The van der Waals surface area contributed by atoms with Crippen molar-refractivity contribution >= 4 is 0 Å². The van der Waals surface area contributed by atoms with Crippen LogP contribution in [0.1, 0.15) is 44.7 Å². The molecule has 110 valence electrons. The van der Waals surface area contributed by atoms with Crippen LogP contribution in [0.25, 0.3) is 0 Å². The van der Waals surface area contributed by atoms with Crippen molar-refractivity contribution in [2.24, 2.45) is 0 Å². The molecule has 1 rings (SSSR count). The first-order valence-electron chi connectivity index (χ1n) is 7.20. The molecule has 0 heterocycles. The van der Waals surface area contributed by atoms with Gasteiger partial charge in [0.1, 0.15) is 5.82 Å². The summed E-state index contributed by atoms with van der Waals surface area (Å²) in [6.07, 6.45) is 1.50. The average molecular weight is 277 g/mol. The Balaban J connectivity index is 2.96. The van der Waals surface area contributed by atoms with Gasteiger partial charge in [0, 0.05) is 24.6 Å². The van der Waals surface area contributed by atoms with Crippen LogP contribution in [-0.4, -0.2) is 29.2 Å². The molecule has 0 saturated carbocycles. The van der Waals surface area contributed by atoms with Crippen molar-refractivity contribution in [3.8, 4) is 11.8 Å². The zero-order chi connectivity index (χ0) is 15.0. The van der Waals surface area contributed by atoms with Crippen LogP contribution in [0.3, 0.4) is 0 Å². The van der Waals surface area contributed by atoms with E-state index in [0.717, 1.165) is 30.6 Å². The number of aliphatic hydroxyl groups excluding tert-OH is 1. The maximum atomic E-state index is 13.4. The summed E-state index contributed by atoms with van der Waals surface area (Å²) >= 11 is 0. The van der Waals surface area contributed by atoms with Gasteiger partial charge in [0.05, 0.1) is 6.61 Å². The Morgan fingerprint density at radius 1 is 1.35 bits per heavy atom. The highest BCUT2D eigenvalue weighted by Gasteiger charge is 2.11. The van der Waals surface area contributed by atoms with E-state index in [9.17, 15) is 4.39 Å². The Labute approximate surface area is 121 Å². The molecule has 0 aliphatic carbocycles. The lowest BCUT2D eigenvalue weighted by Gasteiger charge is -2.26. The molecule has 20 heavy (non-hydrogen) atoms. The van der Waals surface area contributed by atoms with E-state index in [1.807, 2.05) is 6.07 Å². The van der Waals surface area contributed by atoms with E-state index in [0.29, 0.717) is 12.5 Å². The van der Waals surface area contributed by atoms with Crippen LogP contribution in [0.15, 0.2) is 18.2 Å². The van der Waals surface area contributed by atoms with E-state index in [4.69, 9.17) is 5.11 Å². The van der Waals surface area contributed by atoms with E-state index in [2.05, 4.69) is 37.5 Å². The Bertz CT molecular complexity index is 474. The van der Waals surface area contributed by atoms with Crippen LogP contribution in [0.4, 0.5) is 4.39 Å². The molecule has 0 aliphatic rings. The first-order chi connectivity index (χ1) is 9.58. The summed E-state index contributed by atoms with van der Waals surface area (Å²) in [5, 5.41) is 8.77. The first kappa shape index (κ1) is 16.7. The minimum absolute atomic E-state index is 0.0333. The molecule has 0 radical (unpaired) electrons. The van der Waals surface area contributed by atoms with Gasteiger partial charge in [0.2, 0.25) is 0 Å². The number of nitrogens with zero attached hydrogens (tertiary/aromatic N) is 1. The van der Waals surface area contributed by atoms with Gasteiger partial charge < -0.3 is 5.11 Å². The molecule has 0 atom stereocenters. The van der Waals surface area contributed by atoms with E-state index in [1.165, 1.54) is 12.1 Å². The summed E-state index contributed by atoms with van der Waals surface area (Å²) in [6.45, 7) is 8.30. The number of benzene rings is 1. The number of hydrogen-bond donors (Lipinski definition) is 1. The van der Waals surface area contributed by atoms with Crippen molar-refractivity contribution in [1.29, 1.82) is 0 Å². The molecule has 0 aliphatic heterocycles. The first-order valence-corrected chi connectivity index (χ1v) is 7.20. The van der Waals surface area contributed by atoms with Gasteiger partial charge in [-0.1, -0.05) is 24.8 Å². The zero-order valence-corrected chi connectivity index (χ0v) is 12.6. The van der Waals surface area contributed by atoms with Gasteiger partial charge in [0.15, 0.2) is 0 Å². The molecule has 1 N–H and O–H groups in total. The third-order valence-electron chi connectivity index (χ3n) is 3.15. The van der Waals surface area contributed by atoms with Gasteiger partial charge in [-0.05, 0) is 44.5 Å². The lowest BCUT2D eigenvalue weighted by Crippen LogP contribution is -2.31. The van der Waals surface area contributed by atoms with Crippen molar-refractivity contribution in [3.05, 3.63) is 35.1 Å². The molecule has 1 aromatic carbocycles. The summed E-state index contributed by atoms with van der Waals surface area (Å²) in [5.41, 5.74) is 1.76. The third kappa shape index (κ3) is 5.32. The van der Waals surface area contributed by atoms with Gasteiger partial charge >= 0.3 is 0 Å². The molecule has 0 unspecified atom stereocenters. The number of rotatable bonds is 6. The fourth-order valence-corrected chi connectivity index (χ4v) is 2.04. The Morgan fingerprint density at radius 3 is 2.70 bits per heavy atom. The van der Waals surface area contributed by atoms with Crippen molar-refractivity contribution in [2.75, 3.05) is 13.2 Å². The van der Waals surface area contributed by atoms with E-state index < -0.39 is 0 Å². The van der Waals surface area contributed by atoms with Gasteiger partial charge in [-0.2, -0.15) is 0 Å². The third-order valence-corrected chi connectivity index (χ3v) is 3.15. The smallest absolute Gasteiger partial charge is 0.124 e. The van der Waals surface area contributed by atoms with E-state index in [1.54, 1.807) is 0 Å². The Kier molecular flexibility index (Phi) is 7.28. The van der Waals surface area contributed by atoms with Gasteiger partial charge in [-0.25, -0.2) is 4.39 Å².